The number of anilines is 1. The van der Waals surface area contributed by atoms with Gasteiger partial charge in [-0.3, -0.25) is 9.89 Å². The highest BCUT2D eigenvalue weighted by Gasteiger charge is 2.14. The summed E-state index contributed by atoms with van der Waals surface area (Å²) in [5.41, 5.74) is 5.30. The fraction of sp³-hybridized carbons (Fsp3) is 0.625. The Bertz CT molecular complexity index is 327. The SMILES string of the molecule is CCC(CSC)NC(=O)c1nc(N)n[nH]1. The van der Waals surface area contributed by atoms with Crippen LogP contribution in [-0.4, -0.2) is 39.1 Å². The zero-order chi connectivity index (χ0) is 11.3. The number of carbonyl (C=O) groups excluding carboxylic acids is 1. The van der Waals surface area contributed by atoms with Crippen LogP contribution in [0, 0.1) is 0 Å². The number of rotatable bonds is 5. The summed E-state index contributed by atoms with van der Waals surface area (Å²) >= 11 is 1.69. The van der Waals surface area contributed by atoms with Gasteiger partial charge in [-0.05, 0) is 12.7 Å². The maximum atomic E-state index is 11.6. The Morgan fingerprint density at radius 1 is 1.73 bits per heavy atom. The van der Waals surface area contributed by atoms with Crippen molar-refractivity contribution in [2.45, 2.75) is 19.4 Å². The lowest BCUT2D eigenvalue weighted by molar-refractivity contribution is 0.0930. The number of carbonyl (C=O) groups is 1. The molecule has 0 bridgehead atoms. The Labute approximate surface area is 92.4 Å². The minimum absolute atomic E-state index is 0.0815. The molecule has 4 N–H and O–H groups in total. The number of amides is 1. The fourth-order valence-electron chi connectivity index (χ4n) is 1.09. The number of nitrogen functional groups attached to an aromatic ring is 1. The van der Waals surface area contributed by atoms with Crippen molar-refractivity contribution in [3.8, 4) is 0 Å². The highest BCUT2D eigenvalue weighted by atomic mass is 32.2. The number of hydrogen-bond acceptors (Lipinski definition) is 5. The van der Waals surface area contributed by atoms with Crippen LogP contribution in [0.2, 0.25) is 0 Å². The van der Waals surface area contributed by atoms with Gasteiger partial charge in [0.15, 0.2) is 0 Å². The molecule has 1 aromatic heterocycles. The molecule has 1 heterocycles. The maximum absolute atomic E-state index is 11.6. The number of nitrogens with zero attached hydrogens (tertiary/aromatic N) is 2. The summed E-state index contributed by atoms with van der Waals surface area (Å²) in [5.74, 6) is 0.858. The van der Waals surface area contributed by atoms with E-state index in [-0.39, 0.29) is 23.7 Å². The van der Waals surface area contributed by atoms with Crippen LogP contribution in [0.1, 0.15) is 24.0 Å². The van der Waals surface area contributed by atoms with Crippen molar-refractivity contribution in [3.63, 3.8) is 0 Å². The largest absolute Gasteiger partial charge is 0.366 e. The lowest BCUT2D eigenvalue weighted by atomic mass is 10.2. The normalized spacial score (nSPS) is 12.4. The van der Waals surface area contributed by atoms with Crippen LogP contribution in [0.25, 0.3) is 0 Å². The Morgan fingerprint density at radius 3 is 2.93 bits per heavy atom. The Kier molecular flexibility index (Phi) is 4.41. The van der Waals surface area contributed by atoms with E-state index in [0.29, 0.717) is 0 Å². The van der Waals surface area contributed by atoms with E-state index in [4.69, 9.17) is 5.73 Å². The van der Waals surface area contributed by atoms with Crippen molar-refractivity contribution >= 4 is 23.6 Å². The van der Waals surface area contributed by atoms with Gasteiger partial charge in [-0.15, -0.1) is 5.10 Å². The average Bonchev–Trinajstić information content (AvgIpc) is 2.64. The number of hydrogen-bond donors (Lipinski definition) is 3. The summed E-state index contributed by atoms with van der Waals surface area (Å²) in [6.45, 7) is 2.02. The molecule has 1 aromatic rings. The second-order valence-corrected chi connectivity index (χ2v) is 3.99. The number of nitrogens with one attached hydrogen (secondary N) is 2. The molecular weight excluding hydrogens is 214 g/mol. The van der Waals surface area contributed by atoms with Crippen LogP contribution in [0.15, 0.2) is 0 Å². The lowest BCUT2D eigenvalue weighted by Crippen LogP contribution is -2.36. The number of aromatic amines is 1. The molecule has 6 nitrogen and oxygen atoms in total. The summed E-state index contributed by atoms with van der Waals surface area (Å²) in [5, 5.41) is 8.91. The van der Waals surface area contributed by atoms with E-state index in [0.717, 1.165) is 12.2 Å². The molecule has 0 radical (unpaired) electrons. The van der Waals surface area contributed by atoms with Crippen LogP contribution < -0.4 is 11.1 Å². The molecule has 15 heavy (non-hydrogen) atoms. The molecule has 1 rings (SSSR count). The lowest BCUT2D eigenvalue weighted by Gasteiger charge is -2.14. The number of thioether (sulfide) groups is 1. The molecular formula is C8H15N5OS. The Hall–Kier alpha value is -1.24. The second-order valence-electron chi connectivity index (χ2n) is 3.08. The zero-order valence-electron chi connectivity index (χ0n) is 8.78. The number of aromatic nitrogens is 3. The summed E-state index contributed by atoms with van der Waals surface area (Å²) in [6.07, 6.45) is 2.89. The molecule has 1 unspecified atom stereocenters. The summed E-state index contributed by atoms with van der Waals surface area (Å²) in [6, 6.07) is 0.152. The van der Waals surface area contributed by atoms with E-state index in [1.54, 1.807) is 11.8 Å². The van der Waals surface area contributed by atoms with E-state index < -0.39 is 0 Å². The van der Waals surface area contributed by atoms with Crippen molar-refractivity contribution in [3.05, 3.63) is 5.82 Å². The molecule has 0 aliphatic rings. The molecule has 0 saturated heterocycles. The molecule has 0 fully saturated rings. The van der Waals surface area contributed by atoms with Gasteiger partial charge in [-0.2, -0.15) is 16.7 Å². The first-order valence-electron chi connectivity index (χ1n) is 4.65. The molecule has 0 aliphatic carbocycles. The van der Waals surface area contributed by atoms with Gasteiger partial charge >= 0.3 is 0 Å². The highest BCUT2D eigenvalue weighted by Crippen LogP contribution is 2.02. The third-order valence-electron chi connectivity index (χ3n) is 1.91. The quantitative estimate of drug-likeness (QED) is 0.673. The number of H-pyrrole nitrogens is 1. The van der Waals surface area contributed by atoms with Crippen molar-refractivity contribution in [2.24, 2.45) is 0 Å². The van der Waals surface area contributed by atoms with Crippen molar-refractivity contribution < 1.29 is 4.79 Å². The third-order valence-corrected chi connectivity index (χ3v) is 2.65. The zero-order valence-corrected chi connectivity index (χ0v) is 9.60. The fourth-order valence-corrected chi connectivity index (χ4v) is 1.81. The smallest absolute Gasteiger partial charge is 0.288 e. The van der Waals surface area contributed by atoms with Crippen LogP contribution in [0.5, 0.6) is 0 Å². The van der Waals surface area contributed by atoms with Gasteiger partial charge < -0.3 is 11.1 Å². The molecule has 1 amide bonds. The monoisotopic (exact) mass is 229 g/mol. The Morgan fingerprint density at radius 2 is 2.47 bits per heavy atom. The summed E-state index contributed by atoms with van der Waals surface area (Å²) in [7, 11) is 0. The standard InChI is InChI=1S/C8H15N5OS/c1-3-5(4-15-2)10-7(14)6-11-8(9)13-12-6/h5H,3-4H2,1-2H3,(H,10,14)(H3,9,11,12,13). The predicted octanol–water partition coefficient (Wildman–Crippen LogP) is 0.258. The first-order chi connectivity index (χ1) is 7.17. The summed E-state index contributed by atoms with van der Waals surface area (Å²) < 4.78 is 0. The molecule has 0 aliphatic heterocycles. The average molecular weight is 229 g/mol. The maximum Gasteiger partial charge on any atom is 0.288 e. The van der Waals surface area contributed by atoms with Gasteiger partial charge in [-0.25, -0.2) is 0 Å². The predicted molar refractivity (Wildman–Crippen MR) is 60.7 cm³/mol. The van der Waals surface area contributed by atoms with E-state index in [1.165, 1.54) is 0 Å². The van der Waals surface area contributed by atoms with Gasteiger partial charge in [0.2, 0.25) is 11.8 Å². The molecule has 84 valence electrons. The van der Waals surface area contributed by atoms with Crippen molar-refractivity contribution in [1.29, 1.82) is 0 Å². The Balaban J connectivity index is 2.54. The van der Waals surface area contributed by atoms with Gasteiger partial charge in [0, 0.05) is 11.8 Å². The minimum Gasteiger partial charge on any atom is -0.366 e. The van der Waals surface area contributed by atoms with Gasteiger partial charge in [-0.1, -0.05) is 6.92 Å². The molecule has 0 aromatic carbocycles. The van der Waals surface area contributed by atoms with Crippen LogP contribution in [0.4, 0.5) is 5.95 Å². The second kappa shape index (κ2) is 5.59. The molecule has 7 heteroatoms. The number of nitrogens with two attached hydrogens (primary N) is 1. The third kappa shape index (κ3) is 3.43. The topological polar surface area (TPSA) is 96.7 Å². The van der Waals surface area contributed by atoms with Crippen LogP contribution in [0.3, 0.4) is 0 Å². The molecule has 1 atom stereocenters. The molecule has 0 spiro atoms. The van der Waals surface area contributed by atoms with E-state index in [1.807, 2.05) is 13.2 Å². The van der Waals surface area contributed by atoms with Crippen LogP contribution in [-0.2, 0) is 0 Å². The first kappa shape index (κ1) is 11.8. The van der Waals surface area contributed by atoms with Crippen molar-refractivity contribution in [1.82, 2.24) is 20.5 Å². The summed E-state index contributed by atoms with van der Waals surface area (Å²) in [4.78, 5) is 15.3. The van der Waals surface area contributed by atoms with E-state index >= 15 is 0 Å². The van der Waals surface area contributed by atoms with Crippen molar-refractivity contribution in [2.75, 3.05) is 17.7 Å². The highest BCUT2D eigenvalue weighted by molar-refractivity contribution is 7.98. The van der Waals surface area contributed by atoms with Crippen LogP contribution >= 0.6 is 11.8 Å². The molecule has 0 saturated carbocycles. The van der Waals surface area contributed by atoms with Gasteiger partial charge in [0.1, 0.15) is 0 Å². The van der Waals surface area contributed by atoms with Gasteiger partial charge in [0.25, 0.3) is 5.91 Å². The minimum atomic E-state index is -0.264. The van der Waals surface area contributed by atoms with Gasteiger partial charge in [0.05, 0.1) is 0 Å². The first-order valence-corrected chi connectivity index (χ1v) is 6.04. The van der Waals surface area contributed by atoms with E-state index in [2.05, 4.69) is 20.5 Å². The van der Waals surface area contributed by atoms with E-state index in [9.17, 15) is 4.79 Å².